The van der Waals surface area contributed by atoms with Crippen molar-refractivity contribution in [2.45, 2.75) is 13.0 Å². The van der Waals surface area contributed by atoms with Crippen molar-refractivity contribution in [3.8, 4) is 0 Å². The van der Waals surface area contributed by atoms with E-state index in [0.717, 1.165) is 26.2 Å². The van der Waals surface area contributed by atoms with Gasteiger partial charge in [-0.15, -0.1) is 0 Å². The molecule has 1 aromatic heterocycles. The molecule has 152 valence electrons. The third kappa shape index (κ3) is 4.30. The van der Waals surface area contributed by atoms with Gasteiger partial charge in [-0.2, -0.15) is 0 Å². The van der Waals surface area contributed by atoms with Crippen LogP contribution in [0.3, 0.4) is 0 Å². The van der Waals surface area contributed by atoms with Gasteiger partial charge in [-0.1, -0.05) is 11.6 Å². The summed E-state index contributed by atoms with van der Waals surface area (Å²) in [6.07, 6.45) is 0. The second kappa shape index (κ2) is 8.91. The Morgan fingerprint density at radius 3 is 2.68 bits per heavy atom. The number of aliphatic hydroxyl groups excluding tert-OH is 1. The summed E-state index contributed by atoms with van der Waals surface area (Å²) in [5.74, 6) is -0.769. The molecule has 28 heavy (non-hydrogen) atoms. The number of amides is 1. The third-order valence-corrected chi connectivity index (χ3v) is 5.38. The van der Waals surface area contributed by atoms with Crippen molar-refractivity contribution in [3.05, 3.63) is 28.9 Å². The maximum Gasteiger partial charge on any atom is 0.356 e. The van der Waals surface area contributed by atoms with Crippen LogP contribution in [-0.2, 0) is 9.53 Å². The molecular weight excluding hydrogens is 384 g/mol. The number of carbonyl (C=O) groups is 2. The number of anilines is 1. The minimum atomic E-state index is -0.562. The van der Waals surface area contributed by atoms with Crippen LogP contribution in [0.15, 0.2) is 18.2 Å². The highest BCUT2D eigenvalue weighted by atomic mass is 35.5. The number of nitrogens with zero attached hydrogens (tertiary/aromatic N) is 2. The molecule has 1 fully saturated rings. The molecule has 2 aromatic rings. The van der Waals surface area contributed by atoms with Crippen molar-refractivity contribution >= 4 is 40.1 Å². The second-order valence-corrected chi connectivity index (χ2v) is 7.26. The number of benzene rings is 1. The Bertz CT molecular complexity index is 861. The number of β-amino-alcohol motifs (C(OH)–C–C–N with tert-alkyl or cyclic N) is 1. The molecule has 1 amide bonds. The van der Waals surface area contributed by atoms with Gasteiger partial charge in [0.2, 0.25) is 5.91 Å². The lowest BCUT2D eigenvalue weighted by Crippen LogP contribution is -2.53. The predicted octanol–water partition coefficient (Wildman–Crippen LogP) is 1.54. The first-order valence-corrected chi connectivity index (χ1v) is 9.60. The fourth-order valence-electron chi connectivity index (χ4n) is 3.46. The van der Waals surface area contributed by atoms with Gasteiger partial charge in [-0.25, -0.2) is 4.79 Å². The van der Waals surface area contributed by atoms with Crippen LogP contribution in [-0.4, -0.2) is 84.2 Å². The van der Waals surface area contributed by atoms with E-state index in [1.807, 2.05) is 6.92 Å². The molecule has 1 aliphatic rings. The molecule has 3 rings (SSSR count). The summed E-state index contributed by atoms with van der Waals surface area (Å²) in [5, 5.41) is 13.1. The number of nitrogens with one attached hydrogen (secondary N) is 2. The molecule has 1 aliphatic heterocycles. The number of aliphatic hydroxyl groups is 1. The van der Waals surface area contributed by atoms with Gasteiger partial charge in [0.1, 0.15) is 5.69 Å². The highest BCUT2D eigenvalue weighted by molar-refractivity contribution is 6.31. The van der Waals surface area contributed by atoms with Crippen molar-refractivity contribution in [2.75, 3.05) is 51.8 Å². The van der Waals surface area contributed by atoms with Gasteiger partial charge >= 0.3 is 5.97 Å². The molecule has 9 heteroatoms. The fourth-order valence-corrected chi connectivity index (χ4v) is 3.63. The van der Waals surface area contributed by atoms with Gasteiger partial charge in [0.15, 0.2) is 0 Å². The number of aromatic nitrogens is 1. The molecule has 0 saturated carbocycles. The minimum Gasteiger partial charge on any atom is -0.464 e. The summed E-state index contributed by atoms with van der Waals surface area (Å²) >= 11 is 6.10. The van der Waals surface area contributed by atoms with Gasteiger partial charge in [0.05, 0.1) is 25.4 Å². The Balaban J connectivity index is 1.78. The quantitative estimate of drug-likeness (QED) is 0.627. The molecular formula is C19H25ClN4O4. The molecule has 1 saturated heterocycles. The number of aromatic amines is 1. The maximum absolute atomic E-state index is 12.9. The number of methoxy groups -OCH3 is 1. The molecule has 3 N–H and O–H groups in total. The molecule has 2 heterocycles. The molecule has 1 atom stereocenters. The Kier molecular flexibility index (Phi) is 6.56. The van der Waals surface area contributed by atoms with Crippen LogP contribution in [0.1, 0.15) is 17.4 Å². The number of halogens is 1. The number of H-pyrrole nitrogens is 1. The number of hydrogen-bond donors (Lipinski definition) is 3. The minimum absolute atomic E-state index is 0.134. The first-order chi connectivity index (χ1) is 13.4. The van der Waals surface area contributed by atoms with Gasteiger partial charge < -0.3 is 20.1 Å². The van der Waals surface area contributed by atoms with E-state index < -0.39 is 5.97 Å². The average molecular weight is 409 g/mol. The van der Waals surface area contributed by atoms with Crippen molar-refractivity contribution < 1.29 is 19.4 Å². The topological polar surface area (TPSA) is 97.9 Å². The average Bonchev–Trinajstić information content (AvgIpc) is 3.05. The zero-order valence-electron chi connectivity index (χ0n) is 16.0. The van der Waals surface area contributed by atoms with Crippen LogP contribution in [0.2, 0.25) is 5.02 Å². The summed E-state index contributed by atoms with van der Waals surface area (Å²) in [4.78, 5) is 32.3. The molecule has 0 radical (unpaired) electrons. The van der Waals surface area contributed by atoms with Gasteiger partial charge in [0, 0.05) is 48.6 Å². The monoisotopic (exact) mass is 408 g/mol. The summed E-state index contributed by atoms with van der Waals surface area (Å²) < 4.78 is 4.84. The Hall–Kier alpha value is -2.13. The Morgan fingerprint density at radius 1 is 1.32 bits per heavy atom. The first kappa shape index (κ1) is 20.6. The van der Waals surface area contributed by atoms with E-state index >= 15 is 0 Å². The lowest BCUT2D eigenvalue weighted by atomic mass is 10.2. The third-order valence-electron chi connectivity index (χ3n) is 5.15. The Morgan fingerprint density at radius 2 is 2.04 bits per heavy atom. The van der Waals surface area contributed by atoms with Crippen LogP contribution >= 0.6 is 11.6 Å². The van der Waals surface area contributed by atoms with E-state index in [9.17, 15) is 9.59 Å². The second-order valence-electron chi connectivity index (χ2n) is 6.82. The summed E-state index contributed by atoms with van der Waals surface area (Å²) in [7, 11) is 1.29. The van der Waals surface area contributed by atoms with Gasteiger partial charge in [-0.05, 0) is 25.1 Å². The highest BCUT2D eigenvalue weighted by Gasteiger charge is 2.28. The molecule has 1 aromatic carbocycles. The maximum atomic E-state index is 12.9. The highest BCUT2D eigenvalue weighted by Crippen LogP contribution is 2.31. The van der Waals surface area contributed by atoms with E-state index in [0.29, 0.717) is 28.2 Å². The van der Waals surface area contributed by atoms with Crippen molar-refractivity contribution in [1.82, 2.24) is 14.8 Å². The van der Waals surface area contributed by atoms with E-state index in [2.05, 4.69) is 20.1 Å². The first-order valence-electron chi connectivity index (χ1n) is 9.22. The molecule has 0 spiro atoms. The summed E-state index contributed by atoms with van der Waals surface area (Å²) in [6, 6.07) is 4.80. The van der Waals surface area contributed by atoms with Crippen LogP contribution in [0.4, 0.5) is 5.69 Å². The smallest absolute Gasteiger partial charge is 0.356 e. The van der Waals surface area contributed by atoms with Crippen molar-refractivity contribution in [2.24, 2.45) is 0 Å². The summed E-state index contributed by atoms with van der Waals surface area (Å²) in [5.41, 5.74) is 1.25. The molecule has 0 bridgehead atoms. The van der Waals surface area contributed by atoms with Crippen LogP contribution in [0, 0.1) is 0 Å². The number of rotatable bonds is 6. The van der Waals surface area contributed by atoms with Crippen LogP contribution in [0.25, 0.3) is 10.9 Å². The van der Waals surface area contributed by atoms with Crippen LogP contribution in [0.5, 0.6) is 0 Å². The van der Waals surface area contributed by atoms with Crippen molar-refractivity contribution in [1.29, 1.82) is 0 Å². The number of esters is 1. The SMILES string of the molecule is COC(=O)c1[nH]c2ccc(Cl)cc2c1NC(=O)C(C)N1CCN(CCO)CC1. The van der Waals surface area contributed by atoms with E-state index in [-0.39, 0.29) is 24.2 Å². The number of hydrogen-bond acceptors (Lipinski definition) is 6. The Labute approximate surface area is 168 Å². The lowest BCUT2D eigenvalue weighted by Gasteiger charge is -2.37. The van der Waals surface area contributed by atoms with E-state index in [1.54, 1.807) is 18.2 Å². The molecule has 8 nitrogen and oxygen atoms in total. The fraction of sp³-hybridized carbons (Fsp3) is 0.474. The van der Waals surface area contributed by atoms with Crippen LogP contribution < -0.4 is 5.32 Å². The number of ether oxygens (including phenoxy) is 1. The standard InChI is InChI=1S/C19H25ClN4O4/c1-12(24-7-5-23(6-8-24)9-10-25)18(26)22-16-14-11-13(20)3-4-15(14)21-17(16)19(27)28-2/h3-4,11-12,21,25H,5-10H2,1-2H3,(H,22,26). The zero-order valence-corrected chi connectivity index (χ0v) is 16.8. The molecule has 0 aliphatic carbocycles. The van der Waals surface area contributed by atoms with Crippen molar-refractivity contribution in [3.63, 3.8) is 0 Å². The number of piperazine rings is 1. The largest absolute Gasteiger partial charge is 0.464 e. The van der Waals surface area contributed by atoms with E-state index in [4.69, 9.17) is 21.4 Å². The number of carbonyl (C=O) groups excluding carboxylic acids is 2. The number of fused-ring (bicyclic) bond motifs is 1. The zero-order chi connectivity index (χ0) is 20.3. The lowest BCUT2D eigenvalue weighted by molar-refractivity contribution is -0.121. The predicted molar refractivity (Wildman–Crippen MR) is 108 cm³/mol. The van der Waals surface area contributed by atoms with Gasteiger partial charge in [-0.3, -0.25) is 14.6 Å². The normalized spacial score (nSPS) is 16.9. The summed E-state index contributed by atoms with van der Waals surface area (Å²) in [6.45, 7) is 5.69. The van der Waals surface area contributed by atoms with Gasteiger partial charge in [0.25, 0.3) is 0 Å². The van der Waals surface area contributed by atoms with E-state index in [1.165, 1.54) is 7.11 Å². The molecule has 1 unspecified atom stereocenters.